The monoisotopic (exact) mass is 460 g/mol. The minimum atomic E-state index is -1.28. The Bertz CT molecular complexity index is 1040. The van der Waals surface area contributed by atoms with Gasteiger partial charge in [-0.1, -0.05) is 39.7 Å². The van der Waals surface area contributed by atoms with Crippen LogP contribution >= 0.6 is 27.5 Å². The minimum Gasteiger partial charge on any atom is -0.323 e. The zero-order chi connectivity index (χ0) is 20.5. The Morgan fingerprint density at radius 1 is 1.32 bits per heavy atom. The number of carbonyl (C=O) groups is 3. The van der Waals surface area contributed by atoms with Crippen molar-refractivity contribution in [1.29, 1.82) is 5.26 Å². The zero-order valence-corrected chi connectivity index (χ0v) is 17.0. The number of hydrogen-bond donors (Lipinski definition) is 2. The van der Waals surface area contributed by atoms with Gasteiger partial charge in [0.05, 0.1) is 11.3 Å². The highest BCUT2D eigenvalue weighted by molar-refractivity contribution is 9.10. The van der Waals surface area contributed by atoms with Crippen LogP contribution in [0.15, 0.2) is 46.9 Å². The lowest BCUT2D eigenvalue weighted by atomic mass is 9.92. The van der Waals surface area contributed by atoms with Gasteiger partial charge in [0.1, 0.15) is 18.2 Å². The Labute approximate surface area is 174 Å². The van der Waals surface area contributed by atoms with Gasteiger partial charge in [-0.3, -0.25) is 14.5 Å². The highest BCUT2D eigenvalue weighted by atomic mass is 79.9. The van der Waals surface area contributed by atoms with Crippen LogP contribution in [-0.4, -0.2) is 29.3 Å². The van der Waals surface area contributed by atoms with Gasteiger partial charge in [0.25, 0.3) is 5.91 Å². The second kappa shape index (κ2) is 7.62. The largest absolute Gasteiger partial charge is 0.325 e. The van der Waals surface area contributed by atoms with E-state index in [1.54, 1.807) is 31.2 Å². The highest BCUT2D eigenvalue weighted by Gasteiger charge is 2.49. The molecule has 1 fully saturated rings. The summed E-state index contributed by atoms with van der Waals surface area (Å²) >= 11 is 9.24. The van der Waals surface area contributed by atoms with E-state index in [-0.39, 0.29) is 11.3 Å². The maximum Gasteiger partial charge on any atom is 0.325 e. The van der Waals surface area contributed by atoms with Crippen molar-refractivity contribution in [3.8, 4) is 6.07 Å². The summed E-state index contributed by atoms with van der Waals surface area (Å²) < 4.78 is 0.759. The Morgan fingerprint density at radius 2 is 2.07 bits per heavy atom. The molecule has 142 valence electrons. The maximum atomic E-state index is 12.9. The molecule has 2 aromatic carbocycles. The van der Waals surface area contributed by atoms with Crippen molar-refractivity contribution in [3.63, 3.8) is 0 Å². The summed E-state index contributed by atoms with van der Waals surface area (Å²) in [5.74, 6) is -1.17. The average molecular weight is 462 g/mol. The van der Waals surface area contributed by atoms with Gasteiger partial charge in [-0.2, -0.15) is 5.26 Å². The molecule has 9 heteroatoms. The van der Waals surface area contributed by atoms with Gasteiger partial charge in [0.15, 0.2) is 0 Å². The van der Waals surface area contributed by atoms with Gasteiger partial charge in [-0.15, -0.1) is 0 Å². The van der Waals surface area contributed by atoms with Crippen molar-refractivity contribution < 1.29 is 14.4 Å². The Hall–Kier alpha value is -2.89. The number of benzene rings is 2. The molecule has 1 heterocycles. The van der Waals surface area contributed by atoms with Crippen molar-refractivity contribution in [2.75, 3.05) is 11.9 Å². The number of nitriles is 1. The molecule has 1 saturated heterocycles. The SMILES string of the molecule is C[C@@]1(c2cccc(Br)c2)NC(=O)N(CC(=O)Nc2cc(Cl)ccc2C#N)C1=O. The van der Waals surface area contributed by atoms with Crippen molar-refractivity contribution in [2.45, 2.75) is 12.5 Å². The van der Waals surface area contributed by atoms with Gasteiger partial charge >= 0.3 is 6.03 Å². The van der Waals surface area contributed by atoms with E-state index in [2.05, 4.69) is 26.6 Å². The van der Waals surface area contributed by atoms with Gasteiger partial charge in [0, 0.05) is 9.50 Å². The quantitative estimate of drug-likeness (QED) is 0.681. The van der Waals surface area contributed by atoms with Crippen LogP contribution in [0.3, 0.4) is 0 Å². The van der Waals surface area contributed by atoms with E-state index in [1.807, 2.05) is 6.07 Å². The number of urea groups is 1. The summed E-state index contributed by atoms with van der Waals surface area (Å²) in [6, 6.07) is 12.7. The molecule has 1 aliphatic rings. The van der Waals surface area contributed by atoms with Gasteiger partial charge in [-0.25, -0.2) is 4.79 Å². The van der Waals surface area contributed by atoms with E-state index >= 15 is 0 Å². The van der Waals surface area contributed by atoms with E-state index in [1.165, 1.54) is 18.2 Å². The molecule has 2 N–H and O–H groups in total. The van der Waals surface area contributed by atoms with Crippen LogP contribution in [0.1, 0.15) is 18.1 Å². The average Bonchev–Trinajstić information content (AvgIpc) is 2.86. The van der Waals surface area contributed by atoms with E-state index in [4.69, 9.17) is 16.9 Å². The van der Waals surface area contributed by atoms with Gasteiger partial charge in [0.2, 0.25) is 5.91 Å². The number of halogens is 2. The van der Waals surface area contributed by atoms with Crippen LogP contribution in [-0.2, 0) is 15.1 Å². The van der Waals surface area contributed by atoms with Crippen molar-refractivity contribution in [1.82, 2.24) is 10.2 Å². The summed E-state index contributed by atoms with van der Waals surface area (Å²) in [7, 11) is 0. The van der Waals surface area contributed by atoms with E-state index in [0.29, 0.717) is 10.6 Å². The van der Waals surface area contributed by atoms with Gasteiger partial charge in [-0.05, 0) is 42.8 Å². The predicted molar refractivity (Wildman–Crippen MR) is 107 cm³/mol. The van der Waals surface area contributed by atoms with E-state index in [0.717, 1.165) is 9.37 Å². The fraction of sp³-hybridized carbons (Fsp3) is 0.158. The fourth-order valence-corrected chi connectivity index (χ4v) is 3.46. The zero-order valence-electron chi connectivity index (χ0n) is 14.6. The Balaban J connectivity index is 1.79. The molecule has 0 saturated carbocycles. The van der Waals surface area contributed by atoms with Crippen LogP contribution in [0.4, 0.5) is 10.5 Å². The first-order valence-electron chi connectivity index (χ1n) is 8.14. The minimum absolute atomic E-state index is 0.210. The molecule has 0 unspecified atom stereocenters. The molecule has 3 rings (SSSR count). The van der Waals surface area contributed by atoms with Gasteiger partial charge < -0.3 is 10.6 Å². The lowest BCUT2D eigenvalue weighted by molar-refractivity contribution is -0.133. The Kier molecular flexibility index (Phi) is 5.40. The number of carbonyl (C=O) groups excluding carboxylic acids is 3. The molecule has 28 heavy (non-hydrogen) atoms. The molecule has 0 aromatic heterocycles. The molecule has 1 aliphatic heterocycles. The number of imide groups is 1. The van der Waals surface area contributed by atoms with Crippen LogP contribution < -0.4 is 10.6 Å². The fourth-order valence-electron chi connectivity index (χ4n) is 2.89. The normalized spacial score (nSPS) is 18.6. The van der Waals surface area contributed by atoms with Crippen LogP contribution in [0.5, 0.6) is 0 Å². The third-order valence-electron chi connectivity index (χ3n) is 4.35. The summed E-state index contributed by atoms with van der Waals surface area (Å²) in [6.45, 7) is 1.09. The molecular formula is C19H14BrClN4O3. The molecule has 2 aromatic rings. The predicted octanol–water partition coefficient (Wildman–Crippen LogP) is 3.38. The number of anilines is 1. The molecule has 0 bridgehead atoms. The topological polar surface area (TPSA) is 102 Å². The Morgan fingerprint density at radius 3 is 2.75 bits per heavy atom. The molecular weight excluding hydrogens is 448 g/mol. The molecule has 1 atom stereocenters. The van der Waals surface area contributed by atoms with Crippen molar-refractivity contribution >= 4 is 51.1 Å². The van der Waals surface area contributed by atoms with Crippen molar-refractivity contribution in [2.24, 2.45) is 0 Å². The molecule has 4 amide bonds. The number of hydrogen-bond acceptors (Lipinski definition) is 4. The van der Waals surface area contributed by atoms with Crippen LogP contribution in [0, 0.1) is 11.3 Å². The summed E-state index contributed by atoms with van der Waals surface area (Å²) in [5, 5.41) is 14.6. The lowest BCUT2D eigenvalue weighted by Crippen LogP contribution is -2.42. The first-order valence-corrected chi connectivity index (χ1v) is 9.31. The third kappa shape index (κ3) is 3.72. The summed E-state index contributed by atoms with van der Waals surface area (Å²) in [5.41, 5.74) is -0.268. The maximum absolute atomic E-state index is 12.9. The number of nitrogens with zero attached hydrogens (tertiary/aromatic N) is 2. The second-order valence-electron chi connectivity index (χ2n) is 6.31. The number of rotatable bonds is 4. The lowest BCUT2D eigenvalue weighted by Gasteiger charge is -2.22. The second-order valence-corrected chi connectivity index (χ2v) is 7.66. The summed E-state index contributed by atoms with van der Waals surface area (Å²) in [4.78, 5) is 38.5. The molecule has 7 nitrogen and oxygen atoms in total. The standard InChI is InChI=1S/C19H14BrClN4O3/c1-19(12-3-2-4-13(20)7-12)17(27)25(18(28)24-19)10-16(26)23-15-8-14(21)6-5-11(15)9-22/h2-8H,10H2,1H3,(H,23,26)(H,24,28)/t19-/m0/s1. The molecule has 0 spiro atoms. The number of nitrogens with one attached hydrogen (secondary N) is 2. The first kappa shape index (κ1) is 19.9. The molecule has 0 radical (unpaired) electrons. The highest BCUT2D eigenvalue weighted by Crippen LogP contribution is 2.30. The first-order chi connectivity index (χ1) is 13.2. The molecule has 0 aliphatic carbocycles. The smallest absolute Gasteiger partial charge is 0.323 e. The third-order valence-corrected chi connectivity index (χ3v) is 5.08. The van der Waals surface area contributed by atoms with Crippen LogP contribution in [0.2, 0.25) is 5.02 Å². The summed E-state index contributed by atoms with van der Waals surface area (Å²) in [6.07, 6.45) is 0. The van der Waals surface area contributed by atoms with E-state index < -0.39 is 29.9 Å². The van der Waals surface area contributed by atoms with Crippen LogP contribution in [0.25, 0.3) is 0 Å². The van der Waals surface area contributed by atoms with Crippen molar-refractivity contribution in [3.05, 3.63) is 63.1 Å². The number of amides is 4. The van der Waals surface area contributed by atoms with E-state index in [9.17, 15) is 14.4 Å².